The summed E-state index contributed by atoms with van der Waals surface area (Å²) in [5.74, 6) is 1.61. The van der Waals surface area contributed by atoms with Gasteiger partial charge >= 0.3 is 0 Å². The summed E-state index contributed by atoms with van der Waals surface area (Å²) >= 11 is 6.38. The van der Waals surface area contributed by atoms with Crippen LogP contribution in [-0.4, -0.2) is 23.1 Å². The van der Waals surface area contributed by atoms with Gasteiger partial charge in [-0.2, -0.15) is 0 Å². The topological polar surface area (TPSA) is 43.7 Å². The molecule has 1 aliphatic heterocycles. The zero-order chi connectivity index (χ0) is 22.1. The fourth-order valence-electron chi connectivity index (χ4n) is 4.39. The molecule has 0 N–H and O–H groups in total. The summed E-state index contributed by atoms with van der Waals surface area (Å²) in [7, 11) is 1.65. The molecule has 0 saturated heterocycles. The number of nitrogens with zero attached hydrogens (tertiary/aromatic N) is 2. The van der Waals surface area contributed by atoms with Crippen LogP contribution in [0.25, 0.3) is 0 Å². The highest BCUT2D eigenvalue weighted by molar-refractivity contribution is 6.31. The Morgan fingerprint density at radius 3 is 2.56 bits per heavy atom. The largest absolute Gasteiger partial charge is 0.497 e. The molecule has 0 unspecified atom stereocenters. The molecular weight excluding hydrogens is 424 g/mol. The predicted molar refractivity (Wildman–Crippen MR) is 126 cm³/mol. The Labute approximate surface area is 193 Å². The lowest BCUT2D eigenvalue weighted by atomic mass is 10.0. The molecule has 6 heteroatoms. The first-order valence-corrected chi connectivity index (χ1v) is 11.5. The lowest BCUT2D eigenvalue weighted by Gasteiger charge is -2.32. The Balaban J connectivity index is 1.38. The third kappa shape index (κ3) is 4.41. The van der Waals surface area contributed by atoms with Crippen LogP contribution in [0.5, 0.6) is 11.5 Å². The molecule has 0 amide bonds. The van der Waals surface area contributed by atoms with E-state index < -0.39 is 0 Å². The average Bonchev–Trinajstić information content (AvgIpc) is 3.65. The second kappa shape index (κ2) is 9.00. The second-order valence-electron chi connectivity index (χ2n) is 8.59. The molecule has 32 heavy (non-hydrogen) atoms. The van der Waals surface area contributed by atoms with Gasteiger partial charge in [0.2, 0.25) is 5.43 Å². The quantitative estimate of drug-likeness (QED) is 0.509. The second-order valence-corrected chi connectivity index (χ2v) is 9.00. The molecule has 1 fully saturated rings. The zero-order valence-corrected chi connectivity index (χ0v) is 19.0. The maximum Gasteiger partial charge on any atom is 0.227 e. The molecule has 0 atom stereocenters. The molecule has 0 spiro atoms. The molecule has 5 rings (SSSR count). The van der Waals surface area contributed by atoms with Gasteiger partial charge in [0.15, 0.2) is 5.75 Å². The van der Waals surface area contributed by atoms with Crippen molar-refractivity contribution in [2.24, 2.45) is 0 Å². The minimum atomic E-state index is 0.0480. The van der Waals surface area contributed by atoms with Crippen molar-refractivity contribution in [2.45, 2.75) is 45.0 Å². The van der Waals surface area contributed by atoms with Crippen LogP contribution in [0, 0.1) is 0 Å². The van der Waals surface area contributed by atoms with E-state index in [1.807, 2.05) is 48.7 Å². The predicted octanol–water partition coefficient (Wildman–Crippen LogP) is 4.98. The van der Waals surface area contributed by atoms with Gasteiger partial charge in [-0.25, -0.2) is 0 Å². The molecule has 166 valence electrons. The highest BCUT2D eigenvalue weighted by Crippen LogP contribution is 2.41. The number of aromatic nitrogens is 1. The number of fused-ring (bicyclic) bond motifs is 1. The molecule has 0 bridgehead atoms. The van der Waals surface area contributed by atoms with Crippen molar-refractivity contribution in [2.75, 3.05) is 13.7 Å². The van der Waals surface area contributed by atoms with Crippen LogP contribution in [0.1, 0.15) is 41.1 Å². The van der Waals surface area contributed by atoms with Crippen molar-refractivity contribution < 1.29 is 9.47 Å². The Bertz CT molecular complexity index is 1170. The number of halogens is 1. The number of pyridine rings is 1. The first-order valence-electron chi connectivity index (χ1n) is 11.1. The van der Waals surface area contributed by atoms with Crippen molar-refractivity contribution in [3.8, 4) is 11.5 Å². The van der Waals surface area contributed by atoms with Crippen molar-refractivity contribution in [1.29, 1.82) is 0 Å². The van der Waals surface area contributed by atoms with E-state index in [0.29, 0.717) is 18.3 Å². The minimum Gasteiger partial charge on any atom is -0.497 e. The minimum absolute atomic E-state index is 0.0480. The van der Waals surface area contributed by atoms with Gasteiger partial charge in [0.25, 0.3) is 0 Å². The van der Waals surface area contributed by atoms with E-state index in [0.717, 1.165) is 72.2 Å². The monoisotopic (exact) mass is 450 g/mol. The summed E-state index contributed by atoms with van der Waals surface area (Å²) in [4.78, 5) is 15.7. The molecule has 5 nitrogen and oxygen atoms in total. The third-order valence-electron chi connectivity index (χ3n) is 6.32. The molecule has 1 aliphatic carbocycles. The first kappa shape index (κ1) is 21.1. The van der Waals surface area contributed by atoms with Crippen molar-refractivity contribution in [3.05, 3.63) is 92.4 Å². The van der Waals surface area contributed by atoms with Crippen LogP contribution in [-0.2, 0) is 26.2 Å². The maximum atomic E-state index is 13.4. The Hall–Kier alpha value is -2.76. The van der Waals surface area contributed by atoms with E-state index in [4.69, 9.17) is 21.1 Å². The number of hydrogen-bond acceptors (Lipinski definition) is 4. The Morgan fingerprint density at radius 2 is 1.84 bits per heavy atom. The van der Waals surface area contributed by atoms with Gasteiger partial charge < -0.3 is 14.0 Å². The Kier molecular flexibility index (Phi) is 5.94. The molecule has 1 saturated carbocycles. The van der Waals surface area contributed by atoms with Crippen LogP contribution in [0.3, 0.4) is 0 Å². The molecule has 2 aliphatic rings. The highest BCUT2D eigenvalue weighted by Gasteiger charge is 2.33. The Morgan fingerprint density at radius 1 is 1.06 bits per heavy atom. The number of hydrogen-bond donors (Lipinski definition) is 0. The van der Waals surface area contributed by atoms with E-state index in [1.54, 1.807) is 7.11 Å². The van der Waals surface area contributed by atoms with Crippen LogP contribution in [0.2, 0.25) is 5.02 Å². The van der Waals surface area contributed by atoms with Crippen molar-refractivity contribution in [1.82, 2.24) is 9.47 Å². The first-order chi connectivity index (χ1) is 15.6. The van der Waals surface area contributed by atoms with Gasteiger partial charge in [0, 0.05) is 42.5 Å². The van der Waals surface area contributed by atoms with Crippen LogP contribution in [0.15, 0.2) is 59.5 Å². The van der Waals surface area contributed by atoms with Gasteiger partial charge in [-0.15, -0.1) is 0 Å². The highest BCUT2D eigenvalue weighted by atomic mass is 35.5. The summed E-state index contributed by atoms with van der Waals surface area (Å²) < 4.78 is 13.4. The van der Waals surface area contributed by atoms with E-state index in [2.05, 4.69) is 15.5 Å². The van der Waals surface area contributed by atoms with Crippen molar-refractivity contribution in [3.63, 3.8) is 0 Å². The number of methoxy groups -OCH3 is 1. The van der Waals surface area contributed by atoms with Crippen molar-refractivity contribution >= 4 is 11.6 Å². The standard InChI is InChI=1S/C26H27ClN2O3/c1-31-21-10-6-18(7-11-21)17-32-24-16-29-13-12-28(14-20-4-2-3-5-22(20)27)15-23(29)25(26(24)30)19-8-9-19/h2-7,10-11,16,19H,8-9,12-15,17H2,1H3. The lowest BCUT2D eigenvalue weighted by Crippen LogP contribution is -2.36. The van der Waals surface area contributed by atoms with E-state index >= 15 is 0 Å². The van der Waals surface area contributed by atoms with Crippen LogP contribution >= 0.6 is 11.6 Å². The third-order valence-corrected chi connectivity index (χ3v) is 6.69. The summed E-state index contributed by atoms with van der Waals surface area (Å²) in [6.45, 7) is 3.64. The summed E-state index contributed by atoms with van der Waals surface area (Å²) in [5, 5.41) is 0.792. The summed E-state index contributed by atoms with van der Waals surface area (Å²) in [6.07, 6.45) is 4.06. The van der Waals surface area contributed by atoms with Gasteiger partial charge in [-0.1, -0.05) is 41.9 Å². The average molecular weight is 451 g/mol. The van der Waals surface area contributed by atoms with E-state index in [-0.39, 0.29) is 5.43 Å². The maximum absolute atomic E-state index is 13.4. The molecular formula is C26H27ClN2O3. The van der Waals surface area contributed by atoms with Gasteiger partial charge in [-0.05, 0) is 48.1 Å². The normalized spacial score (nSPS) is 15.9. The summed E-state index contributed by atoms with van der Waals surface area (Å²) in [5.41, 5.74) is 4.25. The van der Waals surface area contributed by atoms with Crippen LogP contribution < -0.4 is 14.9 Å². The molecule has 1 aromatic heterocycles. The lowest BCUT2D eigenvalue weighted by molar-refractivity contribution is 0.207. The van der Waals surface area contributed by atoms with Gasteiger partial charge in [-0.3, -0.25) is 9.69 Å². The van der Waals surface area contributed by atoms with E-state index in [9.17, 15) is 4.79 Å². The smallest absolute Gasteiger partial charge is 0.227 e. The van der Waals surface area contributed by atoms with Gasteiger partial charge in [0.05, 0.1) is 13.3 Å². The summed E-state index contributed by atoms with van der Waals surface area (Å²) in [6, 6.07) is 15.7. The SMILES string of the molecule is COc1ccc(COc2cn3c(c(C4CC4)c2=O)CN(Cc2ccccc2Cl)CC3)cc1. The number of ether oxygens (including phenoxy) is 2. The molecule has 2 heterocycles. The zero-order valence-electron chi connectivity index (χ0n) is 18.2. The molecule has 0 radical (unpaired) electrons. The van der Waals surface area contributed by atoms with Crippen LogP contribution in [0.4, 0.5) is 0 Å². The fourth-order valence-corrected chi connectivity index (χ4v) is 4.59. The van der Waals surface area contributed by atoms with Gasteiger partial charge in [0.1, 0.15) is 12.4 Å². The number of benzene rings is 2. The molecule has 2 aromatic carbocycles. The van der Waals surface area contributed by atoms with E-state index in [1.165, 1.54) is 0 Å². The molecule has 3 aromatic rings. The fraction of sp³-hybridized carbons (Fsp3) is 0.346. The number of rotatable bonds is 7.